The zero-order valence-corrected chi connectivity index (χ0v) is 18.1. The maximum absolute atomic E-state index is 6.14. The molecule has 4 aromatic rings. The van der Waals surface area contributed by atoms with Crippen LogP contribution in [0.25, 0.3) is 22.3 Å². The van der Waals surface area contributed by atoms with Crippen molar-refractivity contribution in [3.63, 3.8) is 0 Å². The molecule has 0 N–H and O–H groups in total. The molecule has 5 nitrogen and oxygen atoms in total. The van der Waals surface area contributed by atoms with Gasteiger partial charge in [-0.3, -0.25) is 0 Å². The Bertz CT molecular complexity index is 1120. The lowest BCUT2D eigenvalue weighted by Gasteiger charge is -2.09. The smallest absolute Gasteiger partial charge is 0.191 e. The molecule has 0 aliphatic carbocycles. The summed E-state index contributed by atoms with van der Waals surface area (Å²) < 4.78 is 10.2. The minimum atomic E-state index is 0.551. The molecule has 0 saturated carbocycles. The molecule has 4 rings (SSSR count). The van der Waals surface area contributed by atoms with Gasteiger partial charge in [0.15, 0.2) is 11.0 Å². The fraction of sp³-hybridized carbons (Fsp3) is 0.273. The molecule has 0 aliphatic rings. The van der Waals surface area contributed by atoms with Crippen LogP contribution in [0.3, 0.4) is 0 Å². The molecule has 0 aliphatic heterocycles. The number of nitrogens with zero attached hydrogens (tertiary/aromatic N) is 4. The zero-order valence-electron chi connectivity index (χ0n) is 16.5. The van der Waals surface area contributed by atoms with Crippen molar-refractivity contribution < 1.29 is 4.74 Å². The summed E-state index contributed by atoms with van der Waals surface area (Å²) in [5.41, 5.74) is 2.34. The van der Waals surface area contributed by atoms with Crippen molar-refractivity contribution in [1.29, 1.82) is 0 Å². The number of rotatable bonds is 8. The van der Waals surface area contributed by atoms with E-state index in [9.17, 15) is 0 Å². The average Bonchev–Trinajstić information content (AvgIpc) is 3.33. The first-order chi connectivity index (χ1) is 14.2. The van der Waals surface area contributed by atoms with Gasteiger partial charge in [0.1, 0.15) is 5.75 Å². The fourth-order valence-electron chi connectivity index (χ4n) is 3.41. The molecular formula is C22H23ClN4OS. The number of hydrogen-bond acceptors (Lipinski definition) is 4. The Hall–Kier alpha value is -2.44. The standard InChI is InChI=1S/C22H23ClN4OS/c1-3-26-15-17(16-9-5-7-11-19(16)26)21-24-25-22(27(21)4-2)29-14-13-28-20-12-8-6-10-18(20)23/h5-12,15H,3-4,13-14H2,1-2H3. The SMILES string of the molecule is CCn1c(SCCOc2ccccc2Cl)nnc1-c1cn(CC)c2ccccc12. The van der Waals surface area contributed by atoms with E-state index in [2.05, 4.69) is 63.6 Å². The molecule has 0 bridgehead atoms. The first-order valence-electron chi connectivity index (χ1n) is 9.74. The summed E-state index contributed by atoms with van der Waals surface area (Å²) in [5.74, 6) is 2.38. The Kier molecular flexibility index (Phi) is 6.11. The van der Waals surface area contributed by atoms with Crippen LogP contribution in [0.4, 0.5) is 0 Å². The summed E-state index contributed by atoms with van der Waals surface area (Å²) in [6, 6.07) is 16.0. The first kappa shape index (κ1) is 19.9. The number of ether oxygens (including phenoxy) is 1. The van der Waals surface area contributed by atoms with Gasteiger partial charge in [0.25, 0.3) is 0 Å². The lowest BCUT2D eigenvalue weighted by Crippen LogP contribution is -2.04. The Morgan fingerprint density at radius 1 is 1.00 bits per heavy atom. The summed E-state index contributed by atoms with van der Waals surface area (Å²) in [6.07, 6.45) is 2.18. The molecule has 0 fully saturated rings. The van der Waals surface area contributed by atoms with Gasteiger partial charge in [-0.2, -0.15) is 0 Å². The highest BCUT2D eigenvalue weighted by Crippen LogP contribution is 2.32. The number of hydrogen-bond donors (Lipinski definition) is 0. The van der Waals surface area contributed by atoms with Gasteiger partial charge < -0.3 is 13.9 Å². The molecular weight excluding hydrogens is 404 g/mol. The molecule has 0 radical (unpaired) electrons. The molecule has 0 spiro atoms. The van der Waals surface area contributed by atoms with Crippen LogP contribution in [-0.4, -0.2) is 31.7 Å². The van der Waals surface area contributed by atoms with E-state index in [1.807, 2.05) is 24.3 Å². The molecule has 0 saturated heterocycles. The van der Waals surface area contributed by atoms with Gasteiger partial charge in [0, 0.05) is 41.5 Å². The van der Waals surface area contributed by atoms with E-state index in [1.165, 1.54) is 10.9 Å². The van der Waals surface area contributed by atoms with Crippen molar-refractivity contribution >= 4 is 34.3 Å². The number of para-hydroxylation sites is 2. The molecule has 7 heteroatoms. The van der Waals surface area contributed by atoms with Gasteiger partial charge >= 0.3 is 0 Å². The van der Waals surface area contributed by atoms with Crippen LogP contribution in [0.15, 0.2) is 59.9 Å². The average molecular weight is 427 g/mol. The minimum Gasteiger partial charge on any atom is -0.491 e. The predicted molar refractivity (Wildman–Crippen MR) is 120 cm³/mol. The van der Waals surface area contributed by atoms with Gasteiger partial charge in [0.2, 0.25) is 0 Å². The van der Waals surface area contributed by atoms with Crippen LogP contribution in [-0.2, 0) is 13.1 Å². The number of benzene rings is 2. The summed E-state index contributed by atoms with van der Waals surface area (Å²) >= 11 is 7.79. The summed E-state index contributed by atoms with van der Waals surface area (Å²) in [5, 5.41) is 11.7. The Morgan fingerprint density at radius 3 is 2.59 bits per heavy atom. The van der Waals surface area contributed by atoms with E-state index >= 15 is 0 Å². The van der Waals surface area contributed by atoms with E-state index in [0.717, 1.165) is 35.4 Å². The highest BCUT2D eigenvalue weighted by molar-refractivity contribution is 7.99. The number of aromatic nitrogens is 4. The summed E-state index contributed by atoms with van der Waals surface area (Å²) in [7, 11) is 0. The zero-order chi connectivity index (χ0) is 20.2. The lowest BCUT2D eigenvalue weighted by atomic mass is 10.1. The van der Waals surface area contributed by atoms with E-state index in [4.69, 9.17) is 16.3 Å². The van der Waals surface area contributed by atoms with Crippen molar-refractivity contribution in [1.82, 2.24) is 19.3 Å². The Labute approximate surface area is 179 Å². The molecule has 2 aromatic heterocycles. The van der Waals surface area contributed by atoms with Crippen LogP contribution >= 0.6 is 23.4 Å². The normalized spacial score (nSPS) is 11.3. The van der Waals surface area contributed by atoms with Crippen molar-refractivity contribution in [2.45, 2.75) is 32.1 Å². The van der Waals surface area contributed by atoms with Crippen LogP contribution in [0.1, 0.15) is 13.8 Å². The second-order valence-corrected chi connectivity index (χ2v) is 7.99. The highest BCUT2D eigenvalue weighted by atomic mass is 35.5. The number of aryl methyl sites for hydroxylation is 1. The molecule has 150 valence electrons. The first-order valence-corrected chi connectivity index (χ1v) is 11.1. The Balaban J connectivity index is 1.52. The summed E-state index contributed by atoms with van der Waals surface area (Å²) in [6.45, 7) is 6.55. The van der Waals surface area contributed by atoms with Gasteiger partial charge in [0.05, 0.1) is 11.6 Å². The molecule has 0 atom stereocenters. The van der Waals surface area contributed by atoms with Gasteiger partial charge in [-0.1, -0.05) is 53.7 Å². The minimum absolute atomic E-state index is 0.551. The van der Waals surface area contributed by atoms with Crippen LogP contribution in [0.2, 0.25) is 5.02 Å². The molecule has 2 aromatic carbocycles. The van der Waals surface area contributed by atoms with Gasteiger partial charge in [-0.05, 0) is 32.0 Å². The van der Waals surface area contributed by atoms with Crippen molar-refractivity contribution in [3.05, 3.63) is 59.8 Å². The maximum Gasteiger partial charge on any atom is 0.191 e. The van der Waals surface area contributed by atoms with E-state index < -0.39 is 0 Å². The topological polar surface area (TPSA) is 44.9 Å². The highest BCUT2D eigenvalue weighted by Gasteiger charge is 2.17. The number of thioether (sulfide) groups is 1. The second-order valence-electron chi connectivity index (χ2n) is 6.52. The number of halogens is 1. The lowest BCUT2D eigenvalue weighted by molar-refractivity contribution is 0.344. The largest absolute Gasteiger partial charge is 0.491 e. The monoisotopic (exact) mass is 426 g/mol. The van der Waals surface area contributed by atoms with Crippen molar-refractivity contribution in [3.8, 4) is 17.1 Å². The van der Waals surface area contributed by atoms with Crippen molar-refractivity contribution in [2.75, 3.05) is 12.4 Å². The third-order valence-electron chi connectivity index (χ3n) is 4.81. The molecule has 0 unspecified atom stereocenters. The van der Waals surface area contributed by atoms with Gasteiger partial charge in [-0.15, -0.1) is 10.2 Å². The van der Waals surface area contributed by atoms with Crippen LogP contribution < -0.4 is 4.74 Å². The second kappa shape index (κ2) is 8.93. The van der Waals surface area contributed by atoms with E-state index in [1.54, 1.807) is 11.8 Å². The third kappa shape index (κ3) is 4.00. The quantitative estimate of drug-likeness (QED) is 0.265. The van der Waals surface area contributed by atoms with E-state index in [-0.39, 0.29) is 0 Å². The molecule has 29 heavy (non-hydrogen) atoms. The van der Waals surface area contributed by atoms with Crippen LogP contribution in [0, 0.1) is 0 Å². The number of fused-ring (bicyclic) bond motifs is 1. The molecule has 0 amide bonds. The van der Waals surface area contributed by atoms with Crippen molar-refractivity contribution in [2.24, 2.45) is 0 Å². The summed E-state index contributed by atoms with van der Waals surface area (Å²) in [4.78, 5) is 0. The van der Waals surface area contributed by atoms with E-state index in [0.29, 0.717) is 17.4 Å². The van der Waals surface area contributed by atoms with Gasteiger partial charge in [-0.25, -0.2) is 0 Å². The molecule has 2 heterocycles. The van der Waals surface area contributed by atoms with Crippen LogP contribution in [0.5, 0.6) is 5.75 Å². The fourth-order valence-corrected chi connectivity index (χ4v) is 4.42. The predicted octanol–water partition coefficient (Wildman–Crippen LogP) is 5.76. The Morgan fingerprint density at radius 2 is 1.79 bits per heavy atom. The third-order valence-corrected chi connectivity index (χ3v) is 6.06. The maximum atomic E-state index is 6.14.